The first-order chi connectivity index (χ1) is 3.85. The van der Waals surface area contributed by atoms with Gasteiger partial charge in [-0.1, -0.05) is 0 Å². The molecule has 0 heterocycles. The summed E-state index contributed by atoms with van der Waals surface area (Å²) in [6, 6.07) is 0. The molecule has 50 valence electrons. The molecule has 8 heavy (non-hydrogen) atoms. The molecule has 0 aromatic rings. The second-order valence-electron chi connectivity index (χ2n) is 1.59. The Bertz CT molecular complexity index is 49.3. The quantitative estimate of drug-likeness (QED) is 0.346. The summed E-state index contributed by atoms with van der Waals surface area (Å²) in [5, 5.41) is 6.08. The first-order valence-electron chi connectivity index (χ1n) is 2.68. The van der Waals surface area contributed by atoms with Crippen LogP contribution < -0.4 is 10.6 Å². The van der Waals surface area contributed by atoms with E-state index in [0.29, 0.717) is 6.17 Å². The zero-order chi connectivity index (χ0) is 6.41. The number of likely N-dealkylation sites (N-methyl/N-ethyl adjacent to an activating group) is 2. The lowest BCUT2D eigenvalue weighted by molar-refractivity contribution is 0.274. The predicted octanol–water partition coefficient (Wildman–Crippen LogP) is -1.95. The maximum atomic E-state index is 5.00. The standard InChI is InChI=1S/C4H14N2OSi/c1-5-4(6-2)3-7-8/h4-6H,3H2,1-2,8H3. The molecule has 4 heteroatoms. The van der Waals surface area contributed by atoms with Crippen LogP contribution in [0.2, 0.25) is 0 Å². The van der Waals surface area contributed by atoms with Crippen molar-refractivity contribution in [2.24, 2.45) is 0 Å². The molecule has 0 aromatic carbocycles. The summed E-state index contributed by atoms with van der Waals surface area (Å²) in [5.41, 5.74) is 0. The number of nitrogens with one attached hydrogen (secondary N) is 2. The maximum absolute atomic E-state index is 5.00. The third kappa shape index (κ3) is 3.14. The average Bonchev–Trinajstić information content (AvgIpc) is 1.83. The lowest BCUT2D eigenvalue weighted by atomic mass is 10.5. The van der Waals surface area contributed by atoms with E-state index in [1.807, 2.05) is 14.1 Å². The first kappa shape index (κ1) is 8.10. The van der Waals surface area contributed by atoms with E-state index >= 15 is 0 Å². The van der Waals surface area contributed by atoms with Crippen LogP contribution in [-0.2, 0) is 4.43 Å². The fourth-order valence-corrected chi connectivity index (χ4v) is 0.811. The minimum Gasteiger partial charge on any atom is -0.425 e. The highest BCUT2D eigenvalue weighted by atomic mass is 28.2. The van der Waals surface area contributed by atoms with Gasteiger partial charge in [-0.2, -0.15) is 0 Å². The molecule has 0 aliphatic carbocycles. The summed E-state index contributed by atoms with van der Waals surface area (Å²) in [4.78, 5) is 0. The van der Waals surface area contributed by atoms with E-state index in [4.69, 9.17) is 4.43 Å². The van der Waals surface area contributed by atoms with Gasteiger partial charge in [-0.3, -0.25) is 0 Å². The monoisotopic (exact) mass is 134 g/mol. The Kier molecular flexibility index (Phi) is 5.30. The Morgan fingerprint density at radius 1 is 1.50 bits per heavy atom. The van der Waals surface area contributed by atoms with Gasteiger partial charge in [0.2, 0.25) is 0 Å². The number of rotatable bonds is 4. The van der Waals surface area contributed by atoms with Crippen molar-refractivity contribution in [2.45, 2.75) is 6.17 Å². The summed E-state index contributed by atoms with van der Waals surface area (Å²) in [5.74, 6) is 0. The van der Waals surface area contributed by atoms with Gasteiger partial charge in [0.1, 0.15) is 10.5 Å². The van der Waals surface area contributed by atoms with Crippen LogP contribution in [0, 0.1) is 0 Å². The smallest absolute Gasteiger partial charge is 0.146 e. The van der Waals surface area contributed by atoms with Crippen LogP contribution >= 0.6 is 0 Å². The molecule has 0 amide bonds. The lowest BCUT2D eigenvalue weighted by Gasteiger charge is -2.12. The van der Waals surface area contributed by atoms with Crippen molar-refractivity contribution in [1.82, 2.24) is 10.6 Å². The van der Waals surface area contributed by atoms with Gasteiger partial charge < -0.3 is 15.1 Å². The minimum atomic E-state index is 0.312. The highest BCUT2D eigenvalue weighted by Crippen LogP contribution is 1.72. The molecule has 0 saturated carbocycles. The molecule has 0 saturated heterocycles. The van der Waals surface area contributed by atoms with Gasteiger partial charge in [0.25, 0.3) is 0 Å². The molecule has 0 unspecified atom stereocenters. The van der Waals surface area contributed by atoms with Crippen LogP contribution in [0.25, 0.3) is 0 Å². The molecule has 0 atom stereocenters. The molecular weight excluding hydrogens is 120 g/mol. The van der Waals surface area contributed by atoms with Crippen LogP contribution in [0.3, 0.4) is 0 Å². The highest BCUT2D eigenvalue weighted by molar-refractivity contribution is 5.97. The Morgan fingerprint density at radius 3 is 2.12 bits per heavy atom. The van der Waals surface area contributed by atoms with E-state index in [9.17, 15) is 0 Å². The van der Waals surface area contributed by atoms with E-state index in [-0.39, 0.29) is 0 Å². The third-order valence-corrected chi connectivity index (χ3v) is 1.36. The molecule has 0 aliphatic rings. The fraction of sp³-hybridized carbons (Fsp3) is 1.00. The fourth-order valence-electron chi connectivity index (χ4n) is 0.478. The van der Waals surface area contributed by atoms with Crippen molar-refractivity contribution in [3.63, 3.8) is 0 Å². The molecule has 0 fully saturated rings. The van der Waals surface area contributed by atoms with Crippen molar-refractivity contribution in [1.29, 1.82) is 0 Å². The molecule has 2 N–H and O–H groups in total. The molecule has 0 spiro atoms. The molecule has 0 bridgehead atoms. The zero-order valence-electron chi connectivity index (χ0n) is 5.69. The Labute approximate surface area is 53.3 Å². The molecule has 0 rings (SSSR count). The van der Waals surface area contributed by atoms with Crippen LogP contribution in [0.5, 0.6) is 0 Å². The van der Waals surface area contributed by atoms with Crippen LogP contribution in [-0.4, -0.2) is 37.4 Å². The van der Waals surface area contributed by atoms with E-state index < -0.39 is 0 Å². The van der Waals surface area contributed by atoms with Gasteiger partial charge in [-0.25, -0.2) is 0 Å². The number of hydrogen-bond acceptors (Lipinski definition) is 3. The van der Waals surface area contributed by atoms with Gasteiger partial charge in [-0.05, 0) is 14.1 Å². The second-order valence-corrected chi connectivity index (χ2v) is 2.16. The summed E-state index contributed by atoms with van der Waals surface area (Å²) >= 11 is 0. The van der Waals surface area contributed by atoms with Crippen molar-refractivity contribution in [3.05, 3.63) is 0 Å². The van der Waals surface area contributed by atoms with Gasteiger partial charge in [0.05, 0.1) is 12.8 Å². The van der Waals surface area contributed by atoms with E-state index in [1.165, 1.54) is 0 Å². The Hall–Kier alpha value is 0.0969. The normalized spacial score (nSPS) is 10.9. The van der Waals surface area contributed by atoms with Crippen molar-refractivity contribution >= 4 is 10.5 Å². The SMILES string of the molecule is CNC(CO[SiH3])NC. The van der Waals surface area contributed by atoms with Gasteiger partial charge in [-0.15, -0.1) is 0 Å². The number of hydrogen-bond donors (Lipinski definition) is 2. The molecule has 0 aromatic heterocycles. The lowest BCUT2D eigenvalue weighted by Crippen LogP contribution is -2.41. The largest absolute Gasteiger partial charge is 0.425 e. The van der Waals surface area contributed by atoms with Crippen LogP contribution in [0.1, 0.15) is 0 Å². The van der Waals surface area contributed by atoms with Crippen LogP contribution in [0.4, 0.5) is 0 Å². The Balaban J connectivity index is 3.07. The average molecular weight is 134 g/mol. The van der Waals surface area contributed by atoms with Crippen molar-refractivity contribution < 1.29 is 4.43 Å². The van der Waals surface area contributed by atoms with Gasteiger partial charge >= 0.3 is 0 Å². The van der Waals surface area contributed by atoms with Gasteiger partial charge in [0, 0.05) is 0 Å². The van der Waals surface area contributed by atoms with Gasteiger partial charge in [0.15, 0.2) is 0 Å². The summed E-state index contributed by atoms with van der Waals surface area (Å²) in [6.07, 6.45) is 0.312. The summed E-state index contributed by atoms with van der Waals surface area (Å²) in [6.45, 7) is 0.763. The molecule has 0 aliphatic heterocycles. The van der Waals surface area contributed by atoms with E-state index in [1.54, 1.807) is 0 Å². The second kappa shape index (κ2) is 5.24. The molecule has 3 nitrogen and oxygen atoms in total. The molecule has 0 radical (unpaired) electrons. The predicted molar refractivity (Wildman–Crippen MR) is 37.8 cm³/mol. The van der Waals surface area contributed by atoms with Crippen molar-refractivity contribution in [2.75, 3.05) is 20.7 Å². The summed E-state index contributed by atoms with van der Waals surface area (Å²) < 4.78 is 5.00. The first-order valence-corrected chi connectivity index (χ1v) is 3.50. The Morgan fingerprint density at radius 2 is 2.00 bits per heavy atom. The summed E-state index contributed by atoms with van der Waals surface area (Å²) in [7, 11) is 4.63. The highest BCUT2D eigenvalue weighted by Gasteiger charge is 1.96. The minimum absolute atomic E-state index is 0.312. The zero-order valence-corrected chi connectivity index (χ0v) is 7.69. The third-order valence-electron chi connectivity index (χ3n) is 1.03. The van der Waals surface area contributed by atoms with E-state index in [0.717, 1.165) is 17.1 Å². The van der Waals surface area contributed by atoms with Crippen LogP contribution in [0.15, 0.2) is 0 Å². The molecular formula is C4H14N2OSi. The van der Waals surface area contributed by atoms with E-state index in [2.05, 4.69) is 10.6 Å². The topological polar surface area (TPSA) is 33.3 Å². The maximum Gasteiger partial charge on any atom is 0.146 e. The van der Waals surface area contributed by atoms with Crippen molar-refractivity contribution in [3.8, 4) is 0 Å².